The molecule has 0 aliphatic heterocycles. The molecule has 0 unspecified atom stereocenters. The minimum absolute atomic E-state index is 0.140. The van der Waals surface area contributed by atoms with E-state index in [1.807, 2.05) is 0 Å². The molecule has 0 atom stereocenters. The molecular formula is C18H13F3N2O. The van der Waals surface area contributed by atoms with Crippen molar-refractivity contribution < 1.29 is 18.0 Å². The van der Waals surface area contributed by atoms with Gasteiger partial charge in [0.1, 0.15) is 11.5 Å². The Kier molecular flexibility index (Phi) is 4.26. The lowest BCUT2D eigenvalue weighted by Crippen LogP contribution is -2.50. The molecular weight excluding hydrogens is 317 g/mol. The van der Waals surface area contributed by atoms with Gasteiger partial charge >= 0.3 is 0 Å². The van der Waals surface area contributed by atoms with Crippen LogP contribution < -0.4 is 5.32 Å². The molecule has 0 bridgehead atoms. The number of carbonyl (C=O) groups excluding carboxylic acids is 1. The van der Waals surface area contributed by atoms with Gasteiger partial charge in [0.05, 0.1) is 0 Å². The number of amides is 1. The summed E-state index contributed by atoms with van der Waals surface area (Å²) in [5.41, 5.74) is 1.23. The van der Waals surface area contributed by atoms with Crippen LogP contribution in [0.1, 0.15) is 34.5 Å². The van der Waals surface area contributed by atoms with Crippen molar-refractivity contribution in [3.05, 3.63) is 65.2 Å². The molecule has 122 valence electrons. The van der Waals surface area contributed by atoms with Crippen LogP contribution in [-0.2, 0) is 0 Å². The molecule has 1 saturated carbocycles. The summed E-state index contributed by atoms with van der Waals surface area (Å²) < 4.78 is 38.5. The summed E-state index contributed by atoms with van der Waals surface area (Å²) in [6.45, 7) is 0. The summed E-state index contributed by atoms with van der Waals surface area (Å²) in [5.74, 6) is 2.08. The minimum atomic E-state index is -2.68. The number of nitrogens with one attached hydrogen (secondary N) is 1. The normalized spacial score (nSPS) is 15.8. The monoisotopic (exact) mass is 330 g/mol. The number of alkyl halides is 2. The summed E-state index contributed by atoms with van der Waals surface area (Å²) in [6, 6.07) is 8.45. The lowest BCUT2D eigenvalue weighted by atomic mass is 9.88. The van der Waals surface area contributed by atoms with E-state index in [0.717, 1.165) is 0 Å². The third-order valence-electron chi connectivity index (χ3n) is 3.60. The molecule has 1 N–H and O–H groups in total. The number of nitrogens with zero attached hydrogens (tertiary/aromatic N) is 1. The van der Waals surface area contributed by atoms with Crippen molar-refractivity contribution in [1.29, 1.82) is 0 Å². The molecule has 2 aromatic rings. The second-order valence-electron chi connectivity index (χ2n) is 5.63. The van der Waals surface area contributed by atoms with Crippen LogP contribution in [0.4, 0.5) is 13.2 Å². The van der Waals surface area contributed by atoms with E-state index < -0.39 is 17.9 Å². The van der Waals surface area contributed by atoms with Crippen LogP contribution in [0.2, 0.25) is 0 Å². The van der Waals surface area contributed by atoms with Gasteiger partial charge in [-0.15, -0.1) is 0 Å². The predicted octanol–water partition coefficient (Wildman–Crippen LogP) is 3.15. The number of hydrogen-bond donors (Lipinski definition) is 1. The Labute approximate surface area is 136 Å². The second-order valence-corrected chi connectivity index (χ2v) is 5.63. The first kappa shape index (κ1) is 16.1. The summed E-state index contributed by atoms with van der Waals surface area (Å²) in [5, 5.41) is 2.51. The number of benzene rings is 1. The van der Waals surface area contributed by atoms with E-state index in [1.54, 1.807) is 18.2 Å². The molecule has 1 aromatic heterocycles. The van der Waals surface area contributed by atoms with Crippen LogP contribution in [0.3, 0.4) is 0 Å². The zero-order valence-electron chi connectivity index (χ0n) is 12.5. The summed E-state index contributed by atoms with van der Waals surface area (Å²) >= 11 is 0. The molecule has 0 spiro atoms. The number of halogens is 3. The lowest BCUT2D eigenvalue weighted by molar-refractivity contribution is -0.0901. The van der Waals surface area contributed by atoms with Crippen LogP contribution in [-0.4, -0.2) is 22.9 Å². The molecule has 1 aliphatic rings. The van der Waals surface area contributed by atoms with Crippen LogP contribution >= 0.6 is 0 Å². The van der Waals surface area contributed by atoms with Gasteiger partial charge < -0.3 is 5.32 Å². The van der Waals surface area contributed by atoms with E-state index in [9.17, 15) is 18.0 Å². The van der Waals surface area contributed by atoms with Gasteiger partial charge in [-0.25, -0.2) is 18.2 Å². The van der Waals surface area contributed by atoms with E-state index in [-0.39, 0.29) is 24.4 Å². The molecule has 1 amide bonds. The molecule has 6 heteroatoms. The highest BCUT2D eigenvalue weighted by molar-refractivity contribution is 5.92. The first-order chi connectivity index (χ1) is 11.4. The van der Waals surface area contributed by atoms with Gasteiger partial charge in [-0.3, -0.25) is 4.79 Å². The maximum absolute atomic E-state index is 13.0. The number of pyridine rings is 1. The Bertz CT molecular complexity index is 814. The standard InChI is InChI=1S/C18H13F3N2O/c19-14-3-1-2-12(8-14)4-5-13-6-7-16(22-11-13)17(24)23-15-9-18(20,21)10-15/h1-3,6-8,11,15H,9-10H2,(H,23,24). The molecule has 1 aromatic carbocycles. The zero-order valence-corrected chi connectivity index (χ0v) is 12.5. The minimum Gasteiger partial charge on any atom is -0.348 e. The van der Waals surface area contributed by atoms with Gasteiger partial charge in [0.25, 0.3) is 11.8 Å². The smallest absolute Gasteiger partial charge is 0.270 e. The fourth-order valence-electron chi connectivity index (χ4n) is 2.34. The number of rotatable bonds is 2. The summed E-state index contributed by atoms with van der Waals surface area (Å²) in [6.07, 6.45) is 0.739. The highest BCUT2D eigenvalue weighted by Crippen LogP contribution is 2.37. The van der Waals surface area contributed by atoms with E-state index >= 15 is 0 Å². The Balaban J connectivity index is 1.62. The van der Waals surface area contributed by atoms with E-state index in [4.69, 9.17) is 0 Å². The van der Waals surface area contributed by atoms with Crippen LogP contribution in [0.5, 0.6) is 0 Å². The maximum atomic E-state index is 13.0. The number of carbonyl (C=O) groups is 1. The highest BCUT2D eigenvalue weighted by Gasteiger charge is 2.46. The van der Waals surface area contributed by atoms with Gasteiger partial charge in [0, 0.05) is 36.2 Å². The summed E-state index contributed by atoms with van der Waals surface area (Å²) in [7, 11) is 0. The van der Waals surface area contributed by atoms with Crippen molar-refractivity contribution in [2.24, 2.45) is 0 Å². The molecule has 3 nitrogen and oxygen atoms in total. The first-order valence-electron chi connectivity index (χ1n) is 7.34. The second kappa shape index (κ2) is 6.36. The number of aromatic nitrogens is 1. The van der Waals surface area contributed by atoms with Crippen molar-refractivity contribution in [2.75, 3.05) is 0 Å². The van der Waals surface area contributed by atoms with Crippen molar-refractivity contribution in [2.45, 2.75) is 24.8 Å². The van der Waals surface area contributed by atoms with Crippen LogP contribution in [0, 0.1) is 17.7 Å². The average Bonchev–Trinajstić information content (AvgIpc) is 2.52. The topological polar surface area (TPSA) is 42.0 Å². The van der Waals surface area contributed by atoms with Crippen LogP contribution in [0.25, 0.3) is 0 Å². The lowest BCUT2D eigenvalue weighted by Gasteiger charge is -2.35. The van der Waals surface area contributed by atoms with Crippen molar-refractivity contribution in [3.63, 3.8) is 0 Å². The molecule has 3 rings (SSSR count). The van der Waals surface area contributed by atoms with E-state index in [0.29, 0.717) is 11.1 Å². The third kappa shape index (κ3) is 3.93. The molecule has 0 radical (unpaired) electrons. The molecule has 0 saturated heterocycles. The Morgan fingerprint density at radius 1 is 1.17 bits per heavy atom. The quantitative estimate of drug-likeness (QED) is 0.860. The predicted molar refractivity (Wildman–Crippen MR) is 82.1 cm³/mol. The Hall–Kier alpha value is -2.81. The van der Waals surface area contributed by atoms with Crippen molar-refractivity contribution in [1.82, 2.24) is 10.3 Å². The first-order valence-corrected chi connectivity index (χ1v) is 7.34. The number of hydrogen-bond acceptors (Lipinski definition) is 2. The molecule has 1 fully saturated rings. The fraction of sp³-hybridized carbons (Fsp3) is 0.222. The van der Waals surface area contributed by atoms with Gasteiger partial charge in [0.15, 0.2) is 0 Å². The Morgan fingerprint density at radius 2 is 1.92 bits per heavy atom. The molecule has 1 aliphatic carbocycles. The van der Waals surface area contributed by atoms with E-state index in [1.165, 1.54) is 24.4 Å². The van der Waals surface area contributed by atoms with Crippen molar-refractivity contribution >= 4 is 5.91 Å². The van der Waals surface area contributed by atoms with Crippen molar-refractivity contribution in [3.8, 4) is 11.8 Å². The van der Waals surface area contributed by atoms with E-state index in [2.05, 4.69) is 22.1 Å². The van der Waals surface area contributed by atoms with Gasteiger partial charge in [-0.2, -0.15) is 0 Å². The van der Waals surface area contributed by atoms with Gasteiger partial charge in [0.2, 0.25) is 0 Å². The Morgan fingerprint density at radius 3 is 2.54 bits per heavy atom. The fourth-order valence-corrected chi connectivity index (χ4v) is 2.34. The SMILES string of the molecule is O=C(NC1CC(F)(F)C1)c1ccc(C#Cc2cccc(F)c2)cn1. The maximum Gasteiger partial charge on any atom is 0.270 e. The third-order valence-corrected chi connectivity index (χ3v) is 3.60. The largest absolute Gasteiger partial charge is 0.348 e. The highest BCUT2D eigenvalue weighted by atomic mass is 19.3. The zero-order chi connectivity index (χ0) is 17.2. The summed E-state index contributed by atoms with van der Waals surface area (Å²) in [4.78, 5) is 15.9. The van der Waals surface area contributed by atoms with Gasteiger partial charge in [-0.05, 0) is 30.3 Å². The molecule has 1 heterocycles. The van der Waals surface area contributed by atoms with Gasteiger partial charge in [-0.1, -0.05) is 17.9 Å². The molecule has 24 heavy (non-hydrogen) atoms. The van der Waals surface area contributed by atoms with Crippen LogP contribution in [0.15, 0.2) is 42.6 Å². The average molecular weight is 330 g/mol.